The molecule has 5 aliphatic rings. The van der Waals surface area contributed by atoms with E-state index < -0.39 is 23.1 Å². The third-order valence-electron chi connectivity index (χ3n) is 9.30. The van der Waals surface area contributed by atoms with E-state index in [1.165, 1.54) is 0 Å². The van der Waals surface area contributed by atoms with Gasteiger partial charge in [0.05, 0.1) is 6.10 Å². The molecule has 0 unspecified atom stereocenters. The van der Waals surface area contributed by atoms with Crippen molar-refractivity contribution in [3.63, 3.8) is 0 Å². The average molecular weight is 431 g/mol. The van der Waals surface area contributed by atoms with Crippen LogP contribution in [0, 0.1) is 28.6 Å². The fourth-order valence-corrected chi connectivity index (χ4v) is 7.99. The van der Waals surface area contributed by atoms with Crippen LogP contribution in [0.2, 0.25) is 0 Å². The number of Topliss-reactive ketones (excluding diaryl/α,β-unsaturated/α-hetero) is 1. The monoisotopic (exact) mass is 430 g/mol. The average Bonchev–Trinajstić information content (AvgIpc) is 2.98. The Kier molecular flexibility index (Phi) is 4.74. The van der Waals surface area contributed by atoms with Crippen molar-refractivity contribution in [1.82, 2.24) is 0 Å². The van der Waals surface area contributed by atoms with Crippen LogP contribution in [0.3, 0.4) is 0 Å². The summed E-state index contributed by atoms with van der Waals surface area (Å²) in [5, 5.41) is 11.5. The summed E-state index contributed by atoms with van der Waals surface area (Å²) in [5.74, 6) is -0.672. The summed E-state index contributed by atoms with van der Waals surface area (Å²) in [5.41, 5.74) is -0.660. The van der Waals surface area contributed by atoms with Crippen molar-refractivity contribution in [3.05, 3.63) is 23.8 Å². The van der Waals surface area contributed by atoms with Crippen molar-refractivity contribution >= 4 is 11.6 Å². The number of carbonyl (C=O) groups is 2. The third-order valence-corrected chi connectivity index (χ3v) is 9.30. The lowest BCUT2D eigenvalue weighted by Crippen LogP contribution is -2.67. The number of fused-ring (bicyclic) bond motifs is 6. The highest BCUT2D eigenvalue weighted by molar-refractivity contribution is 6.01. The smallest absolute Gasteiger partial charge is 0.281 e. The minimum absolute atomic E-state index is 0.0293. The van der Waals surface area contributed by atoms with E-state index >= 15 is 0 Å². The molecule has 3 saturated carbocycles. The molecule has 4 fully saturated rings. The van der Waals surface area contributed by atoms with Gasteiger partial charge in [0.15, 0.2) is 11.6 Å². The van der Waals surface area contributed by atoms with Crippen LogP contribution >= 0.6 is 0 Å². The van der Waals surface area contributed by atoms with Crippen molar-refractivity contribution in [2.45, 2.75) is 77.5 Å². The van der Waals surface area contributed by atoms with Gasteiger partial charge < -0.3 is 19.3 Å². The minimum atomic E-state index is -1.25. The molecule has 0 aromatic carbocycles. The van der Waals surface area contributed by atoms with Gasteiger partial charge >= 0.3 is 0 Å². The van der Waals surface area contributed by atoms with Gasteiger partial charge in [-0.25, -0.2) is 0 Å². The lowest BCUT2D eigenvalue weighted by molar-refractivity contribution is -0.420. The second-order valence-electron chi connectivity index (χ2n) is 10.7. The molecule has 4 aliphatic carbocycles. The lowest BCUT2D eigenvalue weighted by Gasteiger charge is -2.61. The van der Waals surface area contributed by atoms with Gasteiger partial charge in [0, 0.05) is 30.3 Å². The highest BCUT2D eigenvalue weighted by Crippen LogP contribution is 2.68. The Morgan fingerprint density at radius 1 is 1.23 bits per heavy atom. The molecule has 8 atom stereocenters. The molecule has 6 heteroatoms. The molecule has 1 heterocycles. The number of hydrogen-bond donors (Lipinski definition) is 1. The van der Waals surface area contributed by atoms with Crippen molar-refractivity contribution in [2.24, 2.45) is 28.6 Å². The third kappa shape index (κ3) is 2.78. The molecule has 0 radical (unpaired) electrons. The number of rotatable bonds is 2. The molecule has 0 bridgehead atoms. The molecule has 170 valence electrons. The number of carbonyl (C=O) groups excluding carboxylic acids is 2. The van der Waals surface area contributed by atoms with Gasteiger partial charge in [0.1, 0.15) is 12.2 Å². The van der Waals surface area contributed by atoms with E-state index in [9.17, 15) is 14.7 Å². The largest absolute Gasteiger partial charge is 0.393 e. The van der Waals surface area contributed by atoms with Crippen LogP contribution in [0.25, 0.3) is 0 Å². The van der Waals surface area contributed by atoms with E-state index in [1.807, 2.05) is 13.0 Å². The van der Waals surface area contributed by atoms with Crippen LogP contribution in [0.15, 0.2) is 23.8 Å². The molecule has 1 spiro atoms. The van der Waals surface area contributed by atoms with Crippen LogP contribution in [0.1, 0.15) is 59.8 Å². The Morgan fingerprint density at radius 2 is 2.00 bits per heavy atom. The molecule has 0 aromatic rings. The number of aliphatic hydroxyl groups excluding tert-OH is 1. The van der Waals surface area contributed by atoms with E-state index in [0.717, 1.165) is 24.8 Å². The maximum absolute atomic E-state index is 13.3. The zero-order valence-corrected chi connectivity index (χ0v) is 19.0. The summed E-state index contributed by atoms with van der Waals surface area (Å²) in [6, 6.07) is 0. The van der Waals surface area contributed by atoms with Crippen LogP contribution in [-0.4, -0.2) is 47.6 Å². The number of hydrogen-bond acceptors (Lipinski definition) is 6. The van der Waals surface area contributed by atoms with Crippen LogP contribution in [0.4, 0.5) is 0 Å². The van der Waals surface area contributed by atoms with E-state index in [2.05, 4.69) is 13.8 Å². The molecular formula is C25H34O6. The maximum atomic E-state index is 13.3. The Labute approximate surface area is 184 Å². The predicted octanol–water partition coefficient (Wildman–Crippen LogP) is 3.33. The van der Waals surface area contributed by atoms with E-state index in [0.29, 0.717) is 19.4 Å². The van der Waals surface area contributed by atoms with Crippen LogP contribution in [-0.2, 0) is 23.8 Å². The van der Waals surface area contributed by atoms with Crippen LogP contribution in [0.5, 0.6) is 0 Å². The Balaban J connectivity index is 1.53. The molecular weight excluding hydrogens is 396 g/mol. The first-order chi connectivity index (χ1) is 14.6. The summed E-state index contributed by atoms with van der Waals surface area (Å²) in [4.78, 5) is 25.3. The summed E-state index contributed by atoms with van der Waals surface area (Å²) < 4.78 is 17.9. The normalized spacial score (nSPS) is 51.3. The Morgan fingerprint density at radius 3 is 2.74 bits per heavy atom. The first-order valence-electron chi connectivity index (χ1n) is 11.7. The highest BCUT2D eigenvalue weighted by atomic mass is 16.9. The topological polar surface area (TPSA) is 82.1 Å². The second-order valence-corrected chi connectivity index (χ2v) is 10.7. The summed E-state index contributed by atoms with van der Waals surface area (Å²) in [6.07, 6.45) is 8.65. The van der Waals surface area contributed by atoms with Crippen molar-refractivity contribution in [3.8, 4) is 0 Å². The molecule has 0 amide bonds. The fraction of sp³-hybridized carbons (Fsp3) is 0.760. The lowest BCUT2D eigenvalue weighted by atomic mass is 9.46. The zero-order valence-electron chi connectivity index (χ0n) is 19.0. The first kappa shape index (κ1) is 21.5. The summed E-state index contributed by atoms with van der Waals surface area (Å²) >= 11 is 0. The first-order valence-corrected chi connectivity index (χ1v) is 11.7. The molecule has 5 rings (SSSR count). The Hall–Kier alpha value is -1.34. The minimum Gasteiger partial charge on any atom is -0.393 e. The Bertz CT molecular complexity index is 877. The van der Waals surface area contributed by atoms with E-state index in [-0.39, 0.29) is 41.3 Å². The van der Waals surface area contributed by atoms with E-state index in [1.54, 1.807) is 19.1 Å². The van der Waals surface area contributed by atoms with Gasteiger partial charge in [-0.05, 0) is 63.0 Å². The molecule has 1 aliphatic heterocycles. The van der Waals surface area contributed by atoms with Gasteiger partial charge in [-0.3, -0.25) is 9.59 Å². The fourth-order valence-electron chi connectivity index (χ4n) is 7.99. The number of ether oxygens (including phenoxy) is 3. The van der Waals surface area contributed by atoms with Crippen LogP contribution < -0.4 is 0 Å². The SMILES string of the molecule is CCO[C@@]1(C)OCC(=O)[C@]2(CC[C@H]3[C@@H]4CCC5=CC(=O)C=C[C@]5(C)[C@H]4[C@@H](O)C[C@@]32C)O1. The number of aliphatic hydroxyl groups is 1. The highest BCUT2D eigenvalue weighted by Gasteiger charge is 2.71. The van der Waals surface area contributed by atoms with Gasteiger partial charge in [0.25, 0.3) is 5.97 Å². The van der Waals surface area contributed by atoms with Gasteiger partial charge in [-0.1, -0.05) is 25.5 Å². The quantitative estimate of drug-likeness (QED) is 0.724. The predicted molar refractivity (Wildman–Crippen MR) is 113 cm³/mol. The summed E-state index contributed by atoms with van der Waals surface area (Å²) in [6.45, 7) is 8.31. The van der Waals surface area contributed by atoms with Crippen molar-refractivity contribution in [1.29, 1.82) is 0 Å². The number of allylic oxidation sites excluding steroid dienone is 4. The zero-order chi connectivity index (χ0) is 22.2. The van der Waals surface area contributed by atoms with Crippen molar-refractivity contribution in [2.75, 3.05) is 13.2 Å². The summed E-state index contributed by atoms with van der Waals surface area (Å²) in [7, 11) is 0. The number of ketones is 2. The molecule has 6 nitrogen and oxygen atoms in total. The molecule has 0 aromatic heterocycles. The molecule has 31 heavy (non-hydrogen) atoms. The van der Waals surface area contributed by atoms with Gasteiger partial charge in [-0.2, -0.15) is 0 Å². The standard InChI is InChI=1S/C25H34O6/c1-5-29-24(4)30-14-20(28)25(31-24)11-9-18-17-7-6-15-12-16(26)8-10-22(15,2)21(17)19(27)13-23(18,25)3/h8,10,12,17-19,21,27H,5-7,9,11,13-14H2,1-4H3/t17-,18-,19-,21+,22-,23-,24-,25-/m0/s1. The van der Waals surface area contributed by atoms with Gasteiger partial charge in [-0.15, -0.1) is 0 Å². The van der Waals surface area contributed by atoms with Crippen molar-refractivity contribution < 1.29 is 28.9 Å². The van der Waals surface area contributed by atoms with Gasteiger partial charge in [0.2, 0.25) is 0 Å². The maximum Gasteiger partial charge on any atom is 0.281 e. The molecule has 1 saturated heterocycles. The second kappa shape index (κ2) is 6.83. The van der Waals surface area contributed by atoms with E-state index in [4.69, 9.17) is 14.2 Å². The molecule has 1 N–H and O–H groups in total.